The van der Waals surface area contributed by atoms with Crippen LogP contribution >= 0.6 is 0 Å². The Kier molecular flexibility index (Phi) is 4.19. The molecule has 0 aromatic heterocycles. The Bertz CT molecular complexity index is 239. The lowest BCUT2D eigenvalue weighted by Crippen LogP contribution is -2.48. The molecule has 1 aliphatic carbocycles. The van der Waals surface area contributed by atoms with Gasteiger partial charge in [0.15, 0.2) is 0 Å². The predicted molar refractivity (Wildman–Crippen MR) is 62.3 cm³/mol. The molecule has 1 aliphatic rings. The van der Waals surface area contributed by atoms with E-state index in [0.717, 1.165) is 32.1 Å². The minimum atomic E-state index is -0.645. The first-order valence-electron chi connectivity index (χ1n) is 5.99. The SMILES string of the molecule is CC(C)(C)NC(=O)OC1(CO)CCCCC1. The summed E-state index contributed by atoms with van der Waals surface area (Å²) in [5.41, 5.74) is -0.948. The third kappa shape index (κ3) is 4.00. The van der Waals surface area contributed by atoms with Gasteiger partial charge in [0, 0.05) is 5.54 Å². The van der Waals surface area contributed by atoms with Crippen molar-refractivity contribution in [2.24, 2.45) is 0 Å². The molecule has 94 valence electrons. The number of nitrogens with one attached hydrogen (secondary N) is 1. The van der Waals surface area contributed by atoms with Crippen molar-refractivity contribution >= 4 is 6.09 Å². The zero-order chi connectivity index (χ0) is 12.2. The van der Waals surface area contributed by atoms with Crippen LogP contribution in [0.25, 0.3) is 0 Å². The summed E-state index contributed by atoms with van der Waals surface area (Å²) in [6.45, 7) is 5.63. The number of carbonyl (C=O) groups excluding carboxylic acids is 1. The van der Waals surface area contributed by atoms with Gasteiger partial charge < -0.3 is 15.2 Å². The quantitative estimate of drug-likeness (QED) is 0.763. The van der Waals surface area contributed by atoms with Crippen molar-refractivity contribution in [1.29, 1.82) is 0 Å². The van der Waals surface area contributed by atoms with Crippen LogP contribution in [-0.4, -0.2) is 28.9 Å². The third-order valence-corrected chi connectivity index (χ3v) is 2.84. The smallest absolute Gasteiger partial charge is 0.408 e. The minimum absolute atomic E-state index is 0.0788. The summed E-state index contributed by atoms with van der Waals surface area (Å²) in [5.74, 6) is 0. The van der Waals surface area contributed by atoms with Crippen LogP contribution in [0.3, 0.4) is 0 Å². The van der Waals surface area contributed by atoms with Gasteiger partial charge in [-0.05, 0) is 46.5 Å². The Morgan fingerprint density at radius 2 is 1.88 bits per heavy atom. The van der Waals surface area contributed by atoms with Crippen molar-refractivity contribution in [3.05, 3.63) is 0 Å². The highest BCUT2D eigenvalue weighted by molar-refractivity contribution is 5.68. The molecule has 0 radical (unpaired) electrons. The zero-order valence-corrected chi connectivity index (χ0v) is 10.5. The molecule has 0 heterocycles. The van der Waals surface area contributed by atoms with Gasteiger partial charge in [-0.25, -0.2) is 4.79 Å². The highest BCUT2D eigenvalue weighted by atomic mass is 16.6. The molecule has 1 amide bonds. The molecular weight excluding hydrogens is 206 g/mol. The van der Waals surface area contributed by atoms with Gasteiger partial charge in [-0.1, -0.05) is 6.42 Å². The van der Waals surface area contributed by atoms with Gasteiger partial charge in [0.2, 0.25) is 0 Å². The average Bonchev–Trinajstić information content (AvgIpc) is 2.16. The number of alkyl carbamates (subject to hydrolysis) is 1. The molecule has 16 heavy (non-hydrogen) atoms. The van der Waals surface area contributed by atoms with Gasteiger partial charge >= 0.3 is 6.09 Å². The first kappa shape index (κ1) is 13.3. The summed E-state index contributed by atoms with van der Waals surface area (Å²) in [6, 6.07) is 0. The van der Waals surface area contributed by atoms with Crippen LogP contribution in [0, 0.1) is 0 Å². The number of aliphatic hydroxyl groups excluding tert-OH is 1. The van der Waals surface area contributed by atoms with E-state index >= 15 is 0 Å². The highest BCUT2D eigenvalue weighted by Crippen LogP contribution is 2.31. The summed E-state index contributed by atoms with van der Waals surface area (Å²) in [4.78, 5) is 11.6. The van der Waals surface area contributed by atoms with Gasteiger partial charge in [0.05, 0.1) is 6.61 Å². The second kappa shape index (κ2) is 5.04. The molecule has 1 rings (SSSR count). The van der Waals surface area contributed by atoms with Crippen LogP contribution in [-0.2, 0) is 4.74 Å². The maximum atomic E-state index is 11.6. The number of carbonyl (C=O) groups is 1. The van der Waals surface area contributed by atoms with Crippen molar-refractivity contribution in [2.45, 2.75) is 64.0 Å². The molecule has 0 spiro atoms. The molecule has 0 aromatic rings. The lowest BCUT2D eigenvalue weighted by molar-refractivity contribution is -0.0556. The third-order valence-electron chi connectivity index (χ3n) is 2.84. The fourth-order valence-electron chi connectivity index (χ4n) is 2.02. The summed E-state index contributed by atoms with van der Waals surface area (Å²) >= 11 is 0. The van der Waals surface area contributed by atoms with E-state index in [1.165, 1.54) is 0 Å². The van der Waals surface area contributed by atoms with Crippen LogP contribution in [0.2, 0.25) is 0 Å². The van der Waals surface area contributed by atoms with Crippen LogP contribution in [0.1, 0.15) is 52.9 Å². The maximum Gasteiger partial charge on any atom is 0.408 e. The van der Waals surface area contributed by atoms with Gasteiger partial charge in [0.25, 0.3) is 0 Å². The highest BCUT2D eigenvalue weighted by Gasteiger charge is 2.35. The molecule has 0 saturated heterocycles. The first-order valence-corrected chi connectivity index (χ1v) is 5.99. The van der Waals surface area contributed by atoms with Gasteiger partial charge in [-0.3, -0.25) is 0 Å². The Morgan fingerprint density at radius 3 is 2.31 bits per heavy atom. The molecule has 0 bridgehead atoms. The van der Waals surface area contributed by atoms with E-state index in [1.807, 2.05) is 20.8 Å². The molecule has 0 unspecified atom stereocenters. The number of ether oxygens (including phenoxy) is 1. The summed E-state index contributed by atoms with van der Waals surface area (Å²) in [7, 11) is 0. The molecule has 2 N–H and O–H groups in total. The Labute approximate surface area is 97.4 Å². The Balaban J connectivity index is 2.52. The fourth-order valence-corrected chi connectivity index (χ4v) is 2.02. The number of aliphatic hydroxyl groups is 1. The Morgan fingerprint density at radius 1 is 1.31 bits per heavy atom. The van der Waals surface area contributed by atoms with Gasteiger partial charge in [-0.2, -0.15) is 0 Å². The zero-order valence-electron chi connectivity index (χ0n) is 10.5. The van der Waals surface area contributed by atoms with E-state index < -0.39 is 11.7 Å². The summed E-state index contributed by atoms with van der Waals surface area (Å²) in [5, 5.41) is 12.1. The monoisotopic (exact) mass is 229 g/mol. The number of hydrogen-bond acceptors (Lipinski definition) is 3. The fraction of sp³-hybridized carbons (Fsp3) is 0.917. The standard InChI is InChI=1S/C12H23NO3/c1-11(2,3)13-10(15)16-12(9-14)7-5-4-6-8-12/h14H,4-9H2,1-3H3,(H,13,15). The van der Waals surface area contributed by atoms with E-state index in [2.05, 4.69) is 5.32 Å². The summed E-state index contributed by atoms with van der Waals surface area (Å²) in [6.07, 6.45) is 4.30. The van der Waals surface area contributed by atoms with Crippen molar-refractivity contribution in [3.8, 4) is 0 Å². The van der Waals surface area contributed by atoms with Crippen molar-refractivity contribution in [3.63, 3.8) is 0 Å². The molecule has 4 heteroatoms. The van der Waals surface area contributed by atoms with Crippen molar-refractivity contribution < 1.29 is 14.6 Å². The maximum absolute atomic E-state index is 11.6. The average molecular weight is 229 g/mol. The molecule has 4 nitrogen and oxygen atoms in total. The van der Waals surface area contributed by atoms with Crippen LogP contribution < -0.4 is 5.32 Å². The number of amides is 1. The predicted octanol–water partition coefficient (Wildman–Crippen LogP) is 2.21. The van der Waals surface area contributed by atoms with E-state index in [-0.39, 0.29) is 12.1 Å². The van der Waals surface area contributed by atoms with Gasteiger partial charge in [0.1, 0.15) is 5.60 Å². The largest absolute Gasteiger partial charge is 0.440 e. The van der Waals surface area contributed by atoms with E-state index in [9.17, 15) is 9.90 Å². The topological polar surface area (TPSA) is 58.6 Å². The lowest BCUT2D eigenvalue weighted by atomic mass is 9.85. The molecular formula is C12H23NO3. The van der Waals surface area contributed by atoms with Crippen LogP contribution in [0.4, 0.5) is 4.79 Å². The van der Waals surface area contributed by atoms with Crippen molar-refractivity contribution in [2.75, 3.05) is 6.61 Å². The normalized spacial score (nSPS) is 20.2. The number of hydrogen-bond donors (Lipinski definition) is 2. The van der Waals surface area contributed by atoms with Crippen LogP contribution in [0.15, 0.2) is 0 Å². The second-order valence-corrected chi connectivity index (χ2v) is 5.67. The van der Waals surface area contributed by atoms with Crippen LogP contribution in [0.5, 0.6) is 0 Å². The molecule has 0 aromatic carbocycles. The lowest BCUT2D eigenvalue weighted by Gasteiger charge is -2.36. The Hall–Kier alpha value is -0.770. The van der Waals surface area contributed by atoms with E-state index in [4.69, 9.17) is 4.74 Å². The second-order valence-electron chi connectivity index (χ2n) is 5.67. The first-order chi connectivity index (χ1) is 7.37. The molecule has 1 saturated carbocycles. The minimum Gasteiger partial charge on any atom is -0.440 e. The molecule has 0 aliphatic heterocycles. The number of rotatable bonds is 2. The van der Waals surface area contributed by atoms with E-state index in [0.29, 0.717) is 0 Å². The van der Waals surface area contributed by atoms with Gasteiger partial charge in [-0.15, -0.1) is 0 Å². The molecule has 0 atom stereocenters. The summed E-state index contributed by atoms with van der Waals surface area (Å²) < 4.78 is 5.40. The van der Waals surface area contributed by atoms with Crippen molar-refractivity contribution in [1.82, 2.24) is 5.32 Å². The molecule has 1 fully saturated rings. The van der Waals surface area contributed by atoms with E-state index in [1.54, 1.807) is 0 Å².